The molecule has 0 unspecified atom stereocenters. The second-order valence-electron chi connectivity index (χ2n) is 7.10. The summed E-state index contributed by atoms with van der Waals surface area (Å²) >= 11 is 7.40. The highest BCUT2D eigenvalue weighted by molar-refractivity contribution is 7.99. The van der Waals surface area contributed by atoms with Crippen molar-refractivity contribution in [3.63, 3.8) is 0 Å². The van der Waals surface area contributed by atoms with Gasteiger partial charge < -0.3 is 4.90 Å². The molecule has 0 N–H and O–H groups in total. The second-order valence-corrected chi connectivity index (χ2v) is 8.47. The summed E-state index contributed by atoms with van der Waals surface area (Å²) in [6.45, 7) is 6.35. The molecule has 1 aliphatic heterocycles. The molecule has 0 spiro atoms. The van der Waals surface area contributed by atoms with Crippen molar-refractivity contribution in [1.29, 1.82) is 0 Å². The normalized spacial score (nSPS) is 15.0. The van der Waals surface area contributed by atoms with Gasteiger partial charge in [-0.1, -0.05) is 37.2 Å². The minimum atomic E-state index is -0.0980. The van der Waals surface area contributed by atoms with E-state index in [0.29, 0.717) is 39.3 Å². The molecule has 1 amide bonds. The lowest BCUT2D eigenvalue weighted by Gasteiger charge is -2.26. The number of hydrogen-bond acceptors (Lipinski definition) is 4. The van der Waals surface area contributed by atoms with Crippen LogP contribution in [0.25, 0.3) is 10.9 Å². The SMILES string of the molecule is CC(C)Cn1c(SCC(=O)N2CCCCC2)nc2ccc(Cl)cc2c1=O. The summed E-state index contributed by atoms with van der Waals surface area (Å²) in [6.07, 6.45) is 3.34. The molecule has 3 rings (SSSR count). The number of amides is 1. The zero-order valence-corrected chi connectivity index (χ0v) is 16.8. The molecule has 1 saturated heterocycles. The molecular formula is C19H24ClN3O2S. The number of nitrogens with zero attached hydrogens (tertiary/aromatic N) is 3. The molecule has 1 fully saturated rings. The van der Waals surface area contributed by atoms with Crippen LogP contribution in [0.15, 0.2) is 28.2 Å². The number of carbonyl (C=O) groups is 1. The van der Waals surface area contributed by atoms with Crippen LogP contribution in [0.1, 0.15) is 33.1 Å². The highest BCUT2D eigenvalue weighted by Gasteiger charge is 2.19. The summed E-state index contributed by atoms with van der Waals surface area (Å²) in [5, 5.41) is 1.64. The first-order chi connectivity index (χ1) is 12.5. The van der Waals surface area contributed by atoms with Gasteiger partial charge in [0, 0.05) is 24.7 Å². The lowest BCUT2D eigenvalue weighted by atomic mass is 10.1. The molecule has 0 radical (unpaired) electrons. The third-order valence-electron chi connectivity index (χ3n) is 4.46. The van der Waals surface area contributed by atoms with Gasteiger partial charge in [0.05, 0.1) is 16.7 Å². The minimum absolute atomic E-state index is 0.0980. The van der Waals surface area contributed by atoms with Gasteiger partial charge in [-0.15, -0.1) is 0 Å². The van der Waals surface area contributed by atoms with Crippen LogP contribution in [0, 0.1) is 5.92 Å². The zero-order chi connectivity index (χ0) is 18.7. The summed E-state index contributed by atoms with van der Waals surface area (Å²) in [4.78, 5) is 32.0. The second kappa shape index (κ2) is 8.44. The largest absolute Gasteiger partial charge is 0.342 e. The Morgan fingerprint density at radius 1 is 1.27 bits per heavy atom. The van der Waals surface area contributed by atoms with Crippen molar-refractivity contribution in [1.82, 2.24) is 14.5 Å². The number of halogens is 1. The third kappa shape index (κ3) is 4.41. The lowest BCUT2D eigenvalue weighted by Crippen LogP contribution is -2.37. The van der Waals surface area contributed by atoms with Crippen LogP contribution in [0.3, 0.4) is 0 Å². The fraction of sp³-hybridized carbons (Fsp3) is 0.526. The van der Waals surface area contributed by atoms with Crippen LogP contribution in [-0.2, 0) is 11.3 Å². The smallest absolute Gasteiger partial charge is 0.262 e. The topological polar surface area (TPSA) is 55.2 Å². The van der Waals surface area contributed by atoms with Gasteiger partial charge in [-0.05, 0) is 43.4 Å². The highest BCUT2D eigenvalue weighted by atomic mass is 35.5. The van der Waals surface area contributed by atoms with Gasteiger partial charge >= 0.3 is 0 Å². The number of carbonyl (C=O) groups excluding carboxylic acids is 1. The Kier molecular flexibility index (Phi) is 6.24. The van der Waals surface area contributed by atoms with Gasteiger partial charge in [-0.2, -0.15) is 0 Å². The first-order valence-electron chi connectivity index (χ1n) is 9.06. The van der Waals surface area contributed by atoms with Crippen molar-refractivity contribution in [2.24, 2.45) is 5.92 Å². The van der Waals surface area contributed by atoms with E-state index in [1.165, 1.54) is 18.2 Å². The molecule has 2 heterocycles. The predicted molar refractivity (Wildman–Crippen MR) is 107 cm³/mol. The summed E-state index contributed by atoms with van der Waals surface area (Å²) in [6, 6.07) is 5.15. The molecule has 5 nitrogen and oxygen atoms in total. The predicted octanol–water partition coefficient (Wildman–Crippen LogP) is 3.81. The molecule has 2 aromatic rings. The van der Waals surface area contributed by atoms with E-state index in [1.807, 2.05) is 4.90 Å². The average Bonchev–Trinajstić information content (AvgIpc) is 2.63. The standard InChI is InChI=1S/C19H24ClN3O2S/c1-13(2)11-23-18(25)15-10-14(20)6-7-16(15)21-19(23)26-12-17(24)22-8-4-3-5-9-22/h6-7,10,13H,3-5,8-9,11-12H2,1-2H3. The van der Waals surface area contributed by atoms with Gasteiger partial charge in [-0.25, -0.2) is 4.98 Å². The van der Waals surface area contributed by atoms with Gasteiger partial charge in [0.15, 0.2) is 5.16 Å². The number of fused-ring (bicyclic) bond motifs is 1. The number of aromatic nitrogens is 2. The van der Waals surface area contributed by atoms with E-state index in [9.17, 15) is 9.59 Å². The van der Waals surface area contributed by atoms with Crippen LogP contribution < -0.4 is 5.56 Å². The fourth-order valence-corrected chi connectivity index (χ4v) is 4.25. The van der Waals surface area contributed by atoms with Crippen LogP contribution in [0.4, 0.5) is 0 Å². The molecular weight excluding hydrogens is 370 g/mol. The van der Waals surface area contributed by atoms with Crippen molar-refractivity contribution < 1.29 is 4.79 Å². The van der Waals surface area contributed by atoms with Gasteiger partial charge in [0.1, 0.15) is 0 Å². The maximum absolute atomic E-state index is 12.9. The van der Waals surface area contributed by atoms with Crippen molar-refractivity contribution >= 4 is 40.2 Å². The highest BCUT2D eigenvalue weighted by Crippen LogP contribution is 2.22. The number of thioether (sulfide) groups is 1. The van der Waals surface area contributed by atoms with Crippen molar-refractivity contribution in [3.05, 3.63) is 33.6 Å². The maximum atomic E-state index is 12.9. The summed E-state index contributed by atoms with van der Waals surface area (Å²) in [5.41, 5.74) is 0.520. The zero-order valence-electron chi connectivity index (χ0n) is 15.2. The van der Waals surface area contributed by atoms with Crippen LogP contribution in [0.2, 0.25) is 5.02 Å². The van der Waals surface area contributed by atoms with Gasteiger partial charge in [0.25, 0.3) is 5.56 Å². The van der Waals surface area contributed by atoms with E-state index in [-0.39, 0.29) is 11.5 Å². The van der Waals surface area contributed by atoms with Crippen LogP contribution in [0.5, 0.6) is 0 Å². The van der Waals surface area contributed by atoms with E-state index < -0.39 is 0 Å². The Balaban J connectivity index is 1.89. The van der Waals surface area contributed by atoms with Crippen molar-refractivity contribution in [2.45, 2.75) is 44.8 Å². The van der Waals surface area contributed by atoms with Crippen LogP contribution >= 0.6 is 23.4 Å². The summed E-state index contributed by atoms with van der Waals surface area (Å²) in [7, 11) is 0. The minimum Gasteiger partial charge on any atom is -0.342 e. The molecule has 26 heavy (non-hydrogen) atoms. The van der Waals surface area contributed by atoms with Crippen molar-refractivity contribution in [2.75, 3.05) is 18.8 Å². The number of hydrogen-bond donors (Lipinski definition) is 0. The quantitative estimate of drug-likeness (QED) is 0.572. The molecule has 1 aromatic heterocycles. The summed E-state index contributed by atoms with van der Waals surface area (Å²) < 4.78 is 1.68. The van der Waals surface area contributed by atoms with E-state index in [1.54, 1.807) is 22.8 Å². The Bertz CT molecular complexity index is 860. The van der Waals surface area contributed by atoms with E-state index in [2.05, 4.69) is 18.8 Å². The Morgan fingerprint density at radius 2 is 2.00 bits per heavy atom. The fourth-order valence-electron chi connectivity index (χ4n) is 3.17. The number of benzene rings is 1. The number of rotatable bonds is 5. The third-order valence-corrected chi connectivity index (χ3v) is 5.66. The van der Waals surface area contributed by atoms with E-state index >= 15 is 0 Å². The van der Waals surface area contributed by atoms with Crippen molar-refractivity contribution in [3.8, 4) is 0 Å². The molecule has 140 valence electrons. The molecule has 7 heteroatoms. The molecule has 0 atom stereocenters. The Morgan fingerprint density at radius 3 is 2.69 bits per heavy atom. The number of piperidine rings is 1. The average molecular weight is 394 g/mol. The Hall–Kier alpha value is -1.53. The first kappa shape index (κ1) is 19.2. The molecule has 0 saturated carbocycles. The number of likely N-dealkylation sites (tertiary alicyclic amines) is 1. The van der Waals surface area contributed by atoms with Gasteiger partial charge in [-0.3, -0.25) is 14.2 Å². The maximum Gasteiger partial charge on any atom is 0.262 e. The molecule has 0 aliphatic carbocycles. The molecule has 1 aromatic carbocycles. The summed E-state index contributed by atoms with van der Waals surface area (Å²) in [5.74, 6) is 0.725. The molecule has 0 bridgehead atoms. The van der Waals surface area contributed by atoms with Gasteiger partial charge in [0.2, 0.25) is 5.91 Å². The molecule has 1 aliphatic rings. The van der Waals surface area contributed by atoms with E-state index in [0.717, 1.165) is 25.9 Å². The monoisotopic (exact) mass is 393 g/mol. The first-order valence-corrected chi connectivity index (χ1v) is 10.4. The lowest BCUT2D eigenvalue weighted by molar-refractivity contribution is -0.129. The van der Waals surface area contributed by atoms with Crippen LogP contribution in [-0.4, -0.2) is 39.2 Å². The van der Waals surface area contributed by atoms with E-state index in [4.69, 9.17) is 11.6 Å². The Labute approximate surface area is 162 Å².